The molecule has 98 valence electrons. The highest BCUT2D eigenvalue weighted by molar-refractivity contribution is 6.42. The fourth-order valence-corrected chi connectivity index (χ4v) is 2.72. The van der Waals surface area contributed by atoms with Gasteiger partial charge in [0.05, 0.1) is 10.0 Å². The summed E-state index contributed by atoms with van der Waals surface area (Å²) in [7, 11) is 0. The summed E-state index contributed by atoms with van der Waals surface area (Å²) >= 11 is 12.1. The Balaban J connectivity index is 2.13. The maximum absolute atomic E-state index is 12.4. The maximum atomic E-state index is 12.4. The third kappa shape index (κ3) is 2.87. The predicted molar refractivity (Wildman–Crippen MR) is 75.4 cm³/mol. The molecule has 0 bridgehead atoms. The van der Waals surface area contributed by atoms with E-state index >= 15 is 0 Å². The molecule has 1 aromatic carbocycles. The smallest absolute Gasteiger partial charge is 0.143 e. The molecule has 1 aromatic rings. The van der Waals surface area contributed by atoms with E-state index in [4.69, 9.17) is 23.2 Å². The number of hydrogen-bond donors (Lipinski definition) is 1. The third-order valence-electron chi connectivity index (χ3n) is 3.76. The molecular formula is C14H17Cl2NO. The number of rotatable bonds is 3. The molecule has 1 aliphatic rings. The Morgan fingerprint density at radius 2 is 2.00 bits per heavy atom. The van der Waals surface area contributed by atoms with E-state index in [9.17, 15) is 4.79 Å². The normalized spacial score (nSPS) is 18.6. The molecule has 1 N–H and O–H groups in total. The first-order chi connectivity index (χ1) is 8.53. The van der Waals surface area contributed by atoms with Crippen LogP contribution < -0.4 is 5.32 Å². The second-order valence-corrected chi connectivity index (χ2v) is 5.91. The molecule has 0 spiro atoms. The Morgan fingerprint density at radius 3 is 2.67 bits per heavy atom. The van der Waals surface area contributed by atoms with E-state index in [1.54, 1.807) is 6.07 Å². The van der Waals surface area contributed by atoms with Gasteiger partial charge in [-0.05, 0) is 37.6 Å². The van der Waals surface area contributed by atoms with Gasteiger partial charge in [-0.1, -0.05) is 42.3 Å². The summed E-state index contributed by atoms with van der Waals surface area (Å²) in [4.78, 5) is 12.4. The van der Waals surface area contributed by atoms with E-state index in [0.29, 0.717) is 16.5 Å². The van der Waals surface area contributed by atoms with E-state index < -0.39 is 0 Å². The Hall–Kier alpha value is -0.570. The number of hydrogen-bond acceptors (Lipinski definition) is 2. The lowest BCUT2D eigenvalue weighted by atomic mass is 9.75. The number of Topliss-reactive ketones (excluding diaryl/α,β-unsaturated/α-hetero) is 1. The van der Waals surface area contributed by atoms with Crippen LogP contribution in [0.5, 0.6) is 0 Å². The molecule has 0 saturated carbocycles. The summed E-state index contributed by atoms with van der Waals surface area (Å²) < 4.78 is 0. The first-order valence-electron chi connectivity index (χ1n) is 6.20. The summed E-state index contributed by atoms with van der Waals surface area (Å²) in [5.74, 6) is 0.258. The second-order valence-electron chi connectivity index (χ2n) is 5.12. The molecule has 0 aliphatic carbocycles. The van der Waals surface area contributed by atoms with Gasteiger partial charge in [-0.25, -0.2) is 0 Å². The minimum Gasteiger partial charge on any atom is -0.317 e. The maximum Gasteiger partial charge on any atom is 0.143 e. The van der Waals surface area contributed by atoms with Gasteiger partial charge in [0, 0.05) is 11.8 Å². The van der Waals surface area contributed by atoms with E-state index in [2.05, 4.69) is 12.2 Å². The molecule has 4 heteroatoms. The molecule has 0 unspecified atom stereocenters. The highest BCUT2D eigenvalue weighted by atomic mass is 35.5. The molecule has 0 aromatic heterocycles. The van der Waals surface area contributed by atoms with Crippen molar-refractivity contribution in [1.82, 2.24) is 5.32 Å². The molecule has 1 saturated heterocycles. The quantitative estimate of drug-likeness (QED) is 0.921. The van der Waals surface area contributed by atoms with Crippen LogP contribution in [0.3, 0.4) is 0 Å². The van der Waals surface area contributed by atoms with Crippen molar-refractivity contribution in [2.75, 3.05) is 13.1 Å². The van der Waals surface area contributed by atoms with Gasteiger partial charge in [0.15, 0.2) is 0 Å². The average molecular weight is 286 g/mol. The van der Waals surface area contributed by atoms with Crippen molar-refractivity contribution in [2.45, 2.75) is 26.2 Å². The van der Waals surface area contributed by atoms with Gasteiger partial charge in [-0.15, -0.1) is 0 Å². The van der Waals surface area contributed by atoms with Crippen LogP contribution in [0.1, 0.15) is 25.3 Å². The van der Waals surface area contributed by atoms with Crippen LogP contribution in [-0.2, 0) is 11.2 Å². The van der Waals surface area contributed by atoms with Gasteiger partial charge in [0.1, 0.15) is 5.78 Å². The number of benzene rings is 1. The van der Waals surface area contributed by atoms with Gasteiger partial charge in [0.2, 0.25) is 0 Å². The highest BCUT2D eigenvalue weighted by Crippen LogP contribution is 2.32. The molecular weight excluding hydrogens is 269 g/mol. The standard InChI is InChI=1S/C14H17Cl2NO/c1-14(5-7-17-8-6-14)12(18)9-10-3-2-4-11(15)13(10)16/h2-4,17H,5-9H2,1H3. The van der Waals surface area contributed by atoms with Crippen molar-refractivity contribution in [3.05, 3.63) is 33.8 Å². The number of ketones is 1. The fraction of sp³-hybridized carbons (Fsp3) is 0.500. The van der Waals surface area contributed by atoms with Gasteiger partial charge in [-0.2, -0.15) is 0 Å². The molecule has 2 rings (SSSR count). The monoisotopic (exact) mass is 285 g/mol. The number of nitrogens with one attached hydrogen (secondary N) is 1. The minimum atomic E-state index is -0.225. The van der Waals surface area contributed by atoms with Crippen molar-refractivity contribution in [3.8, 4) is 0 Å². The topological polar surface area (TPSA) is 29.1 Å². The zero-order chi connectivity index (χ0) is 13.2. The molecule has 1 aliphatic heterocycles. The zero-order valence-corrected chi connectivity index (χ0v) is 11.9. The Kier molecular flexibility index (Phi) is 4.31. The lowest BCUT2D eigenvalue weighted by Gasteiger charge is -2.32. The van der Waals surface area contributed by atoms with Crippen molar-refractivity contribution in [3.63, 3.8) is 0 Å². The Morgan fingerprint density at radius 1 is 1.33 bits per heavy atom. The first-order valence-corrected chi connectivity index (χ1v) is 6.95. The van der Waals surface area contributed by atoms with Crippen molar-refractivity contribution < 1.29 is 4.79 Å². The third-order valence-corrected chi connectivity index (χ3v) is 4.62. The summed E-state index contributed by atoms with van der Waals surface area (Å²) in [5.41, 5.74) is 0.602. The van der Waals surface area contributed by atoms with E-state index in [1.165, 1.54) is 0 Å². The van der Waals surface area contributed by atoms with Crippen LogP contribution in [0.2, 0.25) is 10.0 Å². The SMILES string of the molecule is CC1(C(=O)Cc2cccc(Cl)c2Cl)CCNCC1. The number of halogens is 2. The predicted octanol–water partition coefficient (Wildman–Crippen LogP) is 3.49. The van der Waals surface area contributed by atoms with Crippen LogP contribution in [-0.4, -0.2) is 18.9 Å². The van der Waals surface area contributed by atoms with E-state index in [-0.39, 0.29) is 11.2 Å². The van der Waals surface area contributed by atoms with Crippen LogP contribution in [0.4, 0.5) is 0 Å². The minimum absolute atomic E-state index is 0.225. The number of carbonyl (C=O) groups is 1. The summed E-state index contributed by atoms with van der Waals surface area (Å²) in [5, 5.41) is 4.30. The van der Waals surface area contributed by atoms with Gasteiger partial charge in [0.25, 0.3) is 0 Å². The summed E-state index contributed by atoms with van der Waals surface area (Å²) in [6.07, 6.45) is 2.16. The van der Waals surface area contributed by atoms with E-state index in [1.807, 2.05) is 12.1 Å². The van der Waals surface area contributed by atoms with Crippen molar-refractivity contribution >= 4 is 29.0 Å². The summed E-state index contributed by atoms with van der Waals surface area (Å²) in [6.45, 7) is 3.87. The molecule has 1 fully saturated rings. The van der Waals surface area contributed by atoms with Gasteiger partial charge in [-0.3, -0.25) is 4.79 Å². The Bertz CT molecular complexity index is 453. The lowest BCUT2D eigenvalue weighted by Crippen LogP contribution is -2.40. The second kappa shape index (κ2) is 5.60. The molecule has 0 radical (unpaired) electrons. The van der Waals surface area contributed by atoms with Crippen molar-refractivity contribution in [1.29, 1.82) is 0 Å². The van der Waals surface area contributed by atoms with Gasteiger partial charge >= 0.3 is 0 Å². The Labute approximate surface area is 118 Å². The van der Waals surface area contributed by atoms with Gasteiger partial charge < -0.3 is 5.32 Å². The average Bonchev–Trinajstić information content (AvgIpc) is 2.36. The molecule has 1 heterocycles. The van der Waals surface area contributed by atoms with Crippen LogP contribution in [0.25, 0.3) is 0 Å². The largest absolute Gasteiger partial charge is 0.317 e. The van der Waals surface area contributed by atoms with Crippen LogP contribution >= 0.6 is 23.2 Å². The molecule has 0 amide bonds. The fourth-order valence-electron chi connectivity index (χ4n) is 2.33. The lowest BCUT2D eigenvalue weighted by molar-refractivity contribution is -0.128. The zero-order valence-electron chi connectivity index (χ0n) is 10.4. The van der Waals surface area contributed by atoms with Crippen LogP contribution in [0, 0.1) is 5.41 Å². The number of piperidine rings is 1. The van der Waals surface area contributed by atoms with Crippen LogP contribution in [0.15, 0.2) is 18.2 Å². The van der Waals surface area contributed by atoms with Crippen molar-refractivity contribution in [2.24, 2.45) is 5.41 Å². The highest BCUT2D eigenvalue weighted by Gasteiger charge is 2.34. The molecule has 18 heavy (non-hydrogen) atoms. The summed E-state index contributed by atoms with van der Waals surface area (Å²) in [6, 6.07) is 5.45. The van der Waals surface area contributed by atoms with E-state index in [0.717, 1.165) is 31.5 Å². The molecule has 0 atom stereocenters. The molecule has 2 nitrogen and oxygen atoms in total. The first kappa shape index (κ1) is 13.9. The number of carbonyl (C=O) groups excluding carboxylic acids is 1.